The van der Waals surface area contributed by atoms with E-state index in [0.717, 1.165) is 51.3 Å². The molecule has 344 valence electrons. The number of amidine groups is 1. The number of nitrogen functional groups attached to an aromatic ring is 1. The summed E-state index contributed by atoms with van der Waals surface area (Å²) < 4.78 is 5.90. The first-order valence-corrected chi connectivity index (χ1v) is 23.7. The molecule has 0 aromatic heterocycles. The van der Waals surface area contributed by atoms with Crippen LogP contribution < -0.4 is 16.2 Å². The molecule has 8 aromatic carbocycles. The molecule has 0 amide bonds. The molecular weight excluding hydrogens is 841 g/mol. The van der Waals surface area contributed by atoms with Crippen LogP contribution in [-0.2, 0) is 17.3 Å². The van der Waals surface area contributed by atoms with Gasteiger partial charge in [-0.1, -0.05) is 214 Å². The van der Waals surface area contributed by atoms with E-state index in [2.05, 4.69) is 186 Å². The zero-order valence-corrected chi connectivity index (χ0v) is 40.2. The van der Waals surface area contributed by atoms with E-state index in [9.17, 15) is 0 Å². The smallest absolute Gasteiger partial charge is 0.129 e. The molecule has 1 spiro atoms. The third-order valence-electron chi connectivity index (χ3n) is 13.8. The Hall–Kier alpha value is -7.86. The number of allylic oxidation sites excluding steroid dienone is 5. The summed E-state index contributed by atoms with van der Waals surface area (Å²) in [7, 11) is 0. The van der Waals surface area contributed by atoms with Crippen LogP contribution in [0.3, 0.4) is 0 Å². The second-order valence-corrected chi connectivity index (χ2v) is 18.4. The number of para-hydroxylation sites is 1. The second-order valence-electron chi connectivity index (χ2n) is 18.4. The summed E-state index contributed by atoms with van der Waals surface area (Å²) in [5.74, 6) is 1.71. The molecule has 5 heteroatoms. The van der Waals surface area contributed by atoms with Crippen LogP contribution in [0.2, 0.25) is 0 Å². The molecule has 0 bridgehead atoms. The maximum atomic E-state index is 8.23. The van der Waals surface area contributed by atoms with Crippen LogP contribution in [0, 0.1) is 17.7 Å². The molecule has 69 heavy (non-hydrogen) atoms. The monoisotopic (exact) mass is 902 g/mol. The number of hydrogen-bond acceptors (Lipinski definition) is 4. The molecule has 5 nitrogen and oxygen atoms in total. The number of benzene rings is 8. The quantitative estimate of drug-likeness (QED) is 0.0726. The minimum absolute atomic E-state index is 0.0655. The van der Waals surface area contributed by atoms with Gasteiger partial charge >= 0.3 is 0 Å². The number of hydrogen-bond donors (Lipinski definition) is 4. The lowest BCUT2D eigenvalue weighted by molar-refractivity contribution is 0.413. The highest BCUT2D eigenvalue weighted by atomic mass is 16.5. The Morgan fingerprint density at radius 2 is 1.25 bits per heavy atom. The average molecular weight is 903 g/mol. The summed E-state index contributed by atoms with van der Waals surface area (Å²) >= 11 is 0. The van der Waals surface area contributed by atoms with Crippen molar-refractivity contribution in [3.63, 3.8) is 0 Å². The summed E-state index contributed by atoms with van der Waals surface area (Å²) in [5.41, 5.74) is 29.0. The van der Waals surface area contributed by atoms with Crippen LogP contribution >= 0.6 is 0 Å². The van der Waals surface area contributed by atoms with Gasteiger partial charge in [-0.05, 0) is 123 Å². The Kier molecular flexibility index (Phi) is 14.2. The molecule has 1 atom stereocenters. The Labute approximate surface area is 408 Å². The van der Waals surface area contributed by atoms with Gasteiger partial charge in [0, 0.05) is 17.4 Å². The van der Waals surface area contributed by atoms with Gasteiger partial charge in [0.25, 0.3) is 0 Å². The van der Waals surface area contributed by atoms with Gasteiger partial charge in [0.2, 0.25) is 0 Å². The fraction of sp³-hybridized carbons (Fsp3) is 0.156. The van der Waals surface area contributed by atoms with Crippen molar-refractivity contribution < 1.29 is 4.74 Å². The van der Waals surface area contributed by atoms with Crippen molar-refractivity contribution in [3.05, 3.63) is 279 Å². The fourth-order valence-electron chi connectivity index (χ4n) is 10.5. The van der Waals surface area contributed by atoms with Gasteiger partial charge < -0.3 is 21.6 Å². The first-order chi connectivity index (χ1) is 33.5. The molecule has 0 saturated heterocycles. The van der Waals surface area contributed by atoms with Crippen LogP contribution in [0.1, 0.15) is 101 Å². The summed E-state index contributed by atoms with van der Waals surface area (Å²) in [6, 6.07) is 63.4. The highest BCUT2D eigenvalue weighted by Gasteiger charge is 2.53. The van der Waals surface area contributed by atoms with Crippen molar-refractivity contribution >= 4 is 23.3 Å². The van der Waals surface area contributed by atoms with Crippen molar-refractivity contribution in [2.24, 2.45) is 11.5 Å². The van der Waals surface area contributed by atoms with Crippen molar-refractivity contribution in [2.75, 3.05) is 0 Å². The number of nitrogens with one attached hydrogen (secondary N) is 2. The van der Waals surface area contributed by atoms with Gasteiger partial charge in [0.15, 0.2) is 0 Å². The molecular formula is C64H62N4O. The zero-order chi connectivity index (χ0) is 48.7. The predicted octanol–water partition coefficient (Wildman–Crippen LogP) is 14.9. The average Bonchev–Trinajstić information content (AvgIpc) is 3.68. The van der Waals surface area contributed by atoms with Gasteiger partial charge in [-0.3, -0.25) is 5.41 Å². The third-order valence-corrected chi connectivity index (χ3v) is 13.8. The highest BCUT2D eigenvalue weighted by molar-refractivity contribution is 5.99. The van der Waals surface area contributed by atoms with E-state index < -0.39 is 5.41 Å². The van der Waals surface area contributed by atoms with Crippen molar-refractivity contribution in [3.8, 4) is 16.9 Å². The third kappa shape index (κ3) is 9.14. The van der Waals surface area contributed by atoms with E-state index in [1.807, 2.05) is 55.5 Å². The Morgan fingerprint density at radius 3 is 1.88 bits per heavy atom. The van der Waals surface area contributed by atoms with Crippen LogP contribution in [-0.4, -0.2) is 12.6 Å². The standard InChI is InChI=1S/C36H31N3.C20H18O.C7H10.CH3N/c1-35(2)27-14-6-8-16-29(27)36(30-17-9-7-15-28(30)35)26-20-19-23(34(38)39)21-25(26)32-24(13-10-18-31(32)36)33(37)22-11-4-3-5-12-22;1-15-8-3-6-13-20(15)21-16(2)14-18-11-7-10-17-9-4-5-12-19(17)18;1-7-5-3-2-4-6-7;1-2/h3-21,33H,37H2,1-2H3,(H3,38,39);3-13H,2,14H2,1H3;3,5-6H,2,4H2,1H3;2H,1H2. The van der Waals surface area contributed by atoms with E-state index in [-0.39, 0.29) is 17.3 Å². The summed E-state index contributed by atoms with van der Waals surface area (Å²) in [6.45, 7) is 15.4. The van der Waals surface area contributed by atoms with Gasteiger partial charge in [-0.15, -0.1) is 0 Å². The Balaban J connectivity index is 0.000000178. The normalized spacial score (nSPS) is 14.3. The molecule has 0 saturated carbocycles. The van der Waals surface area contributed by atoms with Crippen LogP contribution in [0.25, 0.3) is 21.9 Å². The van der Waals surface area contributed by atoms with E-state index in [0.29, 0.717) is 0 Å². The topological polar surface area (TPSA) is 109 Å². The summed E-state index contributed by atoms with van der Waals surface area (Å²) in [6.07, 6.45) is 9.84. The van der Waals surface area contributed by atoms with E-state index in [1.54, 1.807) is 0 Å². The molecule has 8 aromatic rings. The number of rotatable bonds is 7. The number of ether oxygens (including phenoxy) is 1. The molecule has 11 rings (SSSR count). The number of nitrogens with two attached hydrogens (primary N) is 2. The first kappa shape index (κ1) is 47.6. The maximum absolute atomic E-state index is 8.23. The fourth-order valence-corrected chi connectivity index (χ4v) is 10.5. The van der Waals surface area contributed by atoms with E-state index in [1.165, 1.54) is 68.1 Å². The van der Waals surface area contributed by atoms with Crippen molar-refractivity contribution in [1.29, 1.82) is 10.8 Å². The molecule has 0 heterocycles. The molecule has 0 radical (unpaired) electrons. The molecule has 6 N–H and O–H groups in total. The number of aryl methyl sites for hydroxylation is 1. The molecule has 3 aliphatic carbocycles. The van der Waals surface area contributed by atoms with Gasteiger partial charge in [-0.25, -0.2) is 0 Å². The lowest BCUT2D eigenvalue weighted by Crippen LogP contribution is -2.40. The lowest BCUT2D eigenvalue weighted by Gasteiger charge is -2.46. The minimum atomic E-state index is -0.505. The summed E-state index contributed by atoms with van der Waals surface area (Å²) in [5, 5.41) is 16.2. The van der Waals surface area contributed by atoms with Crippen LogP contribution in [0.5, 0.6) is 5.75 Å². The maximum Gasteiger partial charge on any atom is 0.129 e. The van der Waals surface area contributed by atoms with E-state index >= 15 is 0 Å². The Morgan fingerprint density at radius 1 is 0.652 bits per heavy atom. The van der Waals surface area contributed by atoms with E-state index in [4.69, 9.17) is 27.0 Å². The van der Waals surface area contributed by atoms with Crippen molar-refractivity contribution in [1.82, 2.24) is 0 Å². The van der Waals surface area contributed by atoms with Gasteiger partial charge in [0.05, 0.1) is 11.5 Å². The predicted molar refractivity (Wildman–Crippen MR) is 290 cm³/mol. The van der Waals surface area contributed by atoms with Crippen LogP contribution in [0.15, 0.2) is 218 Å². The molecule has 1 unspecified atom stereocenters. The van der Waals surface area contributed by atoms with Gasteiger partial charge in [0.1, 0.15) is 17.3 Å². The van der Waals surface area contributed by atoms with Gasteiger partial charge in [-0.2, -0.15) is 0 Å². The first-order valence-electron chi connectivity index (χ1n) is 23.7. The lowest BCUT2D eigenvalue weighted by atomic mass is 9.55. The summed E-state index contributed by atoms with van der Waals surface area (Å²) in [4.78, 5) is 0. The molecule has 0 aliphatic heterocycles. The SMILES string of the molecule is C=C(Cc1cccc2ccccc12)Oc1ccccc1C.C=N.CC1(C)c2ccccc2C2(c3ccc(C(=N)N)cc3-c3c(C(N)c4ccccc4)cccc32)c2ccccc21.CC1=CCCC=C1. The van der Waals surface area contributed by atoms with Crippen molar-refractivity contribution in [2.45, 2.75) is 63.8 Å². The molecule has 3 aliphatic rings. The molecule has 0 fully saturated rings. The van der Waals surface area contributed by atoms with Crippen LogP contribution in [0.4, 0.5) is 0 Å². The highest BCUT2D eigenvalue weighted by Crippen LogP contribution is 2.63. The zero-order valence-electron chi connectivity index (χ0n) is 40.2. The Bertz CT molecular complexity index is 3180. The largest absolute Gasteiger partial charge is 0.462 e. The number of fused-ring (bicyclic) bond motifs is 10. The second kappa shape index (κ2) is 20.6. The minimum Gasteiger partial charge on any atom is -0.462 e.